The van der Waals surface area contributed by atoms with Gasteiger partial charge in [0.2, 0.25) is 0 Å². The number of hydrogen-bond donors (Lipinski definition) is 0. The Kier molecular flexibility index (Phi) is 37.9. The summed E-state index contributed by atoms with van der Waals surface area (Å²) in [5.41, 5.74) is 0. The summed E-state index contributed by atoms with van der Waals surface area (Å²) in [7, 11) is 5.41. The fraction of sp³-hybridized carbons (Fsp3) is 1.00. The zero-order valence-corrected chi connectivity index (χ0v) is 16.0. The van der Waals surface area contributed by atoms with Gasteiger partial charge in [-0.3, -0.25) is 0 Å². The summed E-state index contributed by atoms with van der Waals surface area (Å²) in [6.45, 7) is 6.61. The van der Waals surface area contributed by atoms with Crippen LogP contribution in [-0.2, 0) is 23.3 Å². The van der Waals surface area contributed by atoms with Crippen molar-refractivity contribution >= 4 is 18.1 Å². The summed E-state index contributed by atoms with van der Waals surface area (Å²) in [6.07, 6.45) is 5.54. The second-order valence-corrected chi connectivity index (χ2v) is 11.1. The van der Waals surface area contributed by atoms with Crippen molar-refractivity contribution < 1.29 is 23.3 Å². The zero-order chi connectivity index (χ0) is 8.24. The van der Waals surface area contributed by atoms with Crippen molar-refractivity contribution in [1.82, 2.24) is 0 Å². The molecule has 68 valence electrons. The van der Waals surface area contributed by atoms with Crippen LogP contribution in [0.4, 0.5) is 0 Å². The zero-order valence-electron chi connectivity index (χ0n) is 8.33. The molecule has 1 unspecified atom stereocenters. The Labute approximate surface area is 91.4 Å². The van der Waals surface area contributed by atoms with Crippen LogP contribution in [0.3, 0.4) is 0 Å². The van der Waals surface area contributed by atoms with E-state index in [0.717, 1.165) is 0 Å². The Hall–Kier alpha value is 1.66. The van der Waals surface area contributed by atoms with Gasteiger partial charge in [-0.1, -0.05) is 39.5 Å². The van der Waals surface area contributed by atoms with E-state index in [2.05, 4.69) is 20.8 Å². The molecule has 0 aromatic heterocycles. The summed E-state index contributed by atoms with van der Waals surface area (Å²) in [4.78, 5) is 0. The summed E-state index contributed by atoms with van der Waals surface area (Å²) in [5.74, 6) is 0. The molecule has 0 nitrogen and oxygen atoms in total. The van der Waals surface area contributed by atoms with Crippen LogP contribution in [0.25, 0.3) is 0 Å². The molecule has 0 saturated heterocycles. The van der Waals surface area contributed by atoms with Crippen molar-refractivity contribution in [3.63, 3.8) is 0 Å². The number of hydrogen-bond acceptors (Lipinski definition) is 0. The summed E-state index contributed by atoms with van der Waals surface area (Å²) in [5, 5.41) is 0. The standard InChI is InChI=1S/C6H14.C2H5.ClH.Hg.H3P/c1-3-5-6-4-2;1-2;;;/h3-6H2,1-2H3;1H2,2H3;1H;;1H3/q;;;+1;/p-1. The van der Waals surface area contributed by atoms with Crippen LogP contribution in [0.1, 0.15) is 46.5 Å². The average molecular weight is 385 g/mol. The van der Waals surface area contributed by atoms with E-state index in [4.69, 9.17) is 8.25 Å². The number of unbranched alkanes of at least 4 members (excludes halogenated alkanes) is 3. The van der Waals surface area contributed by atoms with Crippen LogP contribution >= 0.6 is 18.1 Å². The third-order valence-electron chi connectivity index (χ3n) is 1.15. The summed E-state index contributed by atoms with van der Waals surface area (Å²) in [6, 6.07) is 0. The van der Waals surface area contributed by atoms with Crippen molar-refractivity contribution in [2.24, 2.45) is 0 Å². The Morgan fingerprint density at radius 3 is 1.36 bits per heavy atom. The average Bonchev–Trinajstić information content (AvgIpc) is 2.01. The summed E-state index contributed by atoms with van der Waals surface area (Å²) < 4.78 is 1.31. The molecule has 0 aliphatic carbocycles. The van der Waals surface area contributed by atoms with E-state index in [1.54, 1.807) is 0 Å². The van der Waals surface area contributed by atoms with Crippen LogP contribution < -0.4 is 0 Å². The van der Waals surface area contributed by atoms with E-state index in [0.29, 0.717) is 0 Å². The molecule has 0 N–H and O–H groups in total. The monoisotopic (exact) mass is 386 g/mol. The number of rotatable bonds is 4. The quantitative estimate of drug-likeness (QED) is 0.385. The number of halogens is 1. The van der Waals surface area contributed by atoms with Gasteiger partial charge in [-0.15, -0.1) is 0 Å². The first kappa shape index (κ1) is 18.4. The van der Waals surface area contributed by atoms with Gasteiger partial charge in [-0.2, -0.15) is 9.90 Å². The van der Waals surface area contributed by atoms with Crippen molar-refractivity contribution in [2.75, 3.05) is 0 Å². The molecule has 0 aromatic carbocycles. The van der Waals surface area contributed by atoms with Gasteiger partial charge in [0.15, 0.2) is 0 Å². The van der Waals surface area contributed by atoms with E-state index in [1.165, 1.54) is 29.6 Å². The molecule has 0 radical (unpaired) electrons. The van der Waals surface area contributed by atoms with Crippen LogP contribution in [0.5, 0.6) is 0 Å². The van der Waals surface area contributed by atoms with Crippen molar-refractivity contribution in [1.29, 1.82) is 0 Å². The molecule has 0 amide bonds. The van der Waals surface area contributed by atoms with E-state index < -0.39 is 23.3 Å². The molecule has 11 heavy (non-hydrogen) atoms. The molecular formula is C8H22ClHgP. The van der Waals surface area contributed by atoms with Crippen molar-refractivity contribution in [3.8, 4) is 0 Å². The minimum absolute atomic E-state index is 0. The molecule has 0 bridgehead atoms. The van der Waals surface area contributed by atoms with Gasteiger partial charge in [0, 0.05) is 0 Å². The molecule has 0 rings (SSSR count). The van der Waals surface area contributed by atoms with E-state index in [1.807, 2.05) is 0 Å². The topological polar surface area (TPSA) is 0 Å². The predicted molar refractivity (Wildman–Crippen MR) is 57.3 cm³/mol. The minimum Gasteiger partial charge on any atom is -0.153 e. The van der Waals surface area contributed by atoms with Crippen molar-refractivity contribution in [2.45, 2.75) is 50.4 Å². The van der Waals surface area contributed by atoms with Crippen LogP contribution in [-0.4, -0.2) is 0 Å². The van der Waals surface area contributed by atoms with Gasteiger partial charge in [-0.05, 0) is 0 Å². The van der Waals surface area contributed by atoms with Crippen LogP contribution in [0.15, 0.2) is 0 Å². The molecule has 0 spiro atoms. The third-order valence-corrected chi connectivity index (χ3v) is 5.93. The maximum Gasteiger partial charge on any atom is -0.153 e. The van der Waals surface area contributed by atoms with E-state index in [-0.39, 0.29) is 9.90 Å². The molecule has 0 saturated carbocycles. The fourth-order valence-corrected chi connectivity index (χ4v) is 0.500. The smallest absolute Gasteiger partial charge is 0.153 e. The maximum atomic E-state index is 5.41. The maximum absolute atomic E-state index is 5.41. The van der Waals surface area contributed by atoms with Crippen molar-refractivity contribution in [3.05, 3.63) is 0 Å². The minimum atomic E-state index is -0.640. The van der Waals surface area contributed by atoms with Gasteiger partial charge in [0.25, 0.3) is 0 Å². The first-order valence-corrected chi connectivity index (χ1v) is 15.0. The van der Waals surface area contributed by atoms with Gasteiger partial charge < -0.3 is 0 Å². The van der Waals surface area contributed by atoms with Gasteiger partial charge in [0.05, 0.1) is 0 Å². The van der Waals surface area contributed by atoms with Gasteiger partial charge >= 0.3 is 42.4 Å². The predicted octanol–water partition coefficient (Wildman–Crippen LogP) is 4.31. The Morgan fingerprint density at radius 2 is 1.27 bits per heavy atom. The second kappa shape index (κ2) is 22.6. The SMILES string of the molecule is CCCCCC.C[CH2][Hg][Cl].P. The van der Waals surface area contributed by atoms with E-state index >= 15 is 0 Å². The fourth-order valence-electron chi connectivity index (χ4n) is 0.500. The Bertz CT molecular complexity index is 39.1. The molecule has 1 atom stereocenters. The third kappa shape index (κ3) is 34.0. The first-order chi connectivity index (χ1) is 4.83. The Balaban J connectivity index is -0.000000114. The molecule has 0 heterocycles. The largest absolute Gasteiger partial charge is 0.153 e. The molecule has 0 aliphatic heterocycles. The molecule has 3 heteroatoms. The van der Waals surface area contributed by atoms with Gasteiger partial charge in [0.1, 0.15) is 0 Å². The van der Waals surface area contributed by atoms with Gasteiger partial charge in [-0.25, -0.2) is 0 Å². The summed E-state index contributed by atoms with van der Waals surface area (Å²) >= 11 is -0.640. The molecule has 0 aromatic rings. The van der Waals surface area contributed by atoms with Crippen LogP contribution in [0.2, 0.25) is 3.93 Å². The second-order valence-electron chi connectivity index (χ2n) is 2.40. The Morgan fingerprint density at radius 1 is 1.00 bits per heavy atom. The molecule has 0 aliphatic rings. The normalized spacial score (nSPS) is 6.91. The molecular weight excluding hydrogens is 363 g/mol. The first-order valence-electron chi connectivity index (χ1n) is 4.39. The van der Waals surface area contributed by atoms with E-state index in [9.17, 15) is 0 Å². The molecule has 0 fully saturated rings. The van der Waals surface area contributed by atoms with Crippen LogP contribution in [0, 0.1) is 0 Å².